The lowest BCUT2D eigenvalue weighted by atomic mass is 10.1. The molecule has 0 N–H and O–H groups in total. The van der Waals surface area contributed by atoms with Crippen LogP contribution >= 0.6 is 11.3 Å². The van der Waals surface area contributed by atoms with Crippen molar-refractivity contribution >= 4 is 38.6 Å². The van der Waals surface area contributed by atoms with Crippen LogP contribution in [-0.2, 0) is 18.4 Å². The minimum Gasteiger partial charge on any atom is -0.463 e. The quantitative estimate of drug-likeness (QED) is 0.410. The fraction of sp³-hybridized carbons (Fsp3) is 0.143. The van der Waals surface area contributed by atoms with Crippen LogP contribution in [0.3, 0.4) is 0 Å². The molecular weight excluding hydrogens is 388 g/mol. The highest BCUT2D eigenvalue weighted by atomic mass is 32.1. The van der Waals surface area contributed by atoms with Gasteiger partial charge in [-0.3, -0.25) is 4.68 Å². The minimum absolute atomic E-state index is 0.109. The standard InChI is InChI=1S/C21H16N4O3S/c1-12-19-13(10-15(16-7-5-9-27-16)23-20(19)25(2)24-12)21(26)28-11-18-22-14-6-3-4-8-17(14)29-18/h3-10H,11H2,1-2H3. The van der Waals surface area contributed by atoms with E-state index < -0.39 is 5.97 Å². The van der Waals surface area contributed by atoms with Gasteiger partial charge in [-0.15, -0.1) is 11.3 Å². The third-order valence-corrected chi connectivity index (χ3v) is 5.64. The second-order valence-electron chi connectivity index (χ2n) is 6.59. The fourth-order valence-electron chi connectivity index (χ4n) is 3.34. The summed E-state index contributed by atoms with van der Waals surface area (Å²) in [6.07, 6.45) is 1.57. The molecule has 0 radical (unpaired) electrons. The number of ether oxygens (including phenoxy) is 1. The molecular formula is C21H16N4O3S. The first-order chi connectivity index (χ1) is 14.1. The largest absolute Gasteiger partial charge is 0.463 e. The number of thiazole rings is 1. The predicted molar refractivity (Wildman–Crippen MR) is 110 cm³/mol. The predicted octanol–water partition coefficient (Wildman–Crippen LogP) is 4.50. The van der Waals surface area contributed by atoms with Crippen molar-refractivity contribution in [1.29, 1.82) is 0 Å². The van der Waals surface area contributed by atoms with E-state index in [2.05, 4.69) is 15.1 Å². The number of carbonyl (C=O) groups is 1. The van der Waals surface area contributed by atoms with Gasteiger partial charge in [0.2, 0.25) is 0 Å². The zero-order valence-electron chi connectivity index (χ0n) is 15.7. The number of pyridine rings is 1. The van der Waals surface area contributed by atoms with Gasteiger partial charge in [0.15, 0.2) is 11.4 Å². The van der Waals surface area contributed by atoms with Crippen LogP contribution in [0.25, 0.3) is 32.7 Å². The third-order valence-electron chi connectivity index (χ3n) is 4.63. The molecule has 4 aromatic heterocycles. The Morgan fingerprint density at radius 3 is 2.86 bits per heavy atom. The lowest BCUT2D eigenvalue weighted by Gasteiger charge is -2.07. The Labute approximate surface area is 169 Å². The highest BCUT2D eigenvalue weighted by molar-refractivity contribution is 7.18. The number of benzene rings is 1. The van der Waals surface area contributed by atoms with Crippen molar-refractivity contribution in [3.8, 4) is 11.5 Å². The maximum absolute atomic E-state index is 13.0. The average Bonchev–Trinajstić information content (AvgIpc) is 3.45. The number of para-hydroxylation sites is 1. The van der Waals surface area contributed by atoms with Gasteiger partial charge in [0.1, 0.15) is 17.3 Å². The Bertz CT molecular complexity index is 1320. The van der Waals surface area contributed by atoms with Crippen LogP contribution in [0.5, 0.6) is 0 Å². The summed E-state index contributed by atoms with van der Waals surface area (Å²) in [6, 6.07) is 13.1. The van der Waals surface area contributed by atoms with Crippen LogP contribution in [0.15, 0.2) is 53.1 Å². The molecule has 0 amide bonds. The first-order valence-electron chi connectivity index (χ1n) is 9.00. The molecule has 0 atom stereocenters. The van der Waals surface area contributed by atoms with E-state index in [1.807, 2.05) is 31.2 Å². The number of aryl methyl sites for hydroxylation is 2. The van der Waals surface area contributed by atoms with E-state index in [4.69, 9.17) is 9.15 Å². The smallest absolute Gasteiger partial charge is 0.339 e. The number of nitrogens with zero attached hydrogens (tertiary/aromatic N) is 4. The lowest BCUT2D eigenvalue weighted by Crippen LogP contribution is -2.07. The van der Waals surface area contributed by atoms with Gasteiger partial charge < -0.3 is 9.15 Å². The first-order valence-corrected chi connectivity index (χ1v) is 9.81. The highest BCUT2D eigenvalue weighted by Gasteiger charge is 2.21. The second-order valence-corrected chi connectivity index (χ2v) is 7.71. The summed E-state index contributed by atoms with van der Waals surface area (Å²) in [5, 5.41) is 5.84. The van der Waals surface area contributed by atoms with Crippen LogP contribution in [0, 0.1) is 6.92 Å². The number of furan rings is 1. The van der Waals surface area contributed by atoms with E-state index in [0.29, 0.717) is 33.7 Å². The molecule has 0 bridgehead atoms. The SMILES string of the molecule is Cc1nn(C)c2nc(-c3ccco3)cc(C(=O)OCc3nc4ccccc4s3)c12. The van der Waals surface area contributed by atoms with Gasteiger partial charge in [-0.25, -0.2) is 14.8 Å². The average molecular weight is 404 g/mol. The molecule has 0 fully saturated rings. The zero-order chi connectivity index (χ0) is 20.0. The molecule has 0 spiro atoms. The molecule has 5 aromatic rings. The molecule has 29 heavy (non-hydrogen) atoms. The van der Waals surface area contributed by atoms with E-state index >= 15 is 0 Å². The molecule has 0 saturated heterocycles. The van der Waals surface area contributed by atoms with E-state index in [1.54, 1.807) is 36.2 Å². The summed E-state index contributed by atoms with van der Waals surface area (Å²) in [6.45, 7) is 1.96. The third kappa shape index (κ3) is 3.07. The monoisotopic (exact) mass is 404 g/mol. The van der Waals surface area contributed by atoms with Gasteiger partial charge in [-0.1, -0.05) is 12.1 Å². The molecule has 0 saturated carbocycles. The van der Waals surface area contributed by atoms with Gasteiger partial charge >= 0.3 is 5.97 Å². The topological polar surface area (TPSA) is 83.0 Å². The molecule has 1 aromatic carbocycles. The Morgan fingerprint density at radius 1 is 1.21 bits per heavy atom. The van der Waals surface area contributed by atoms with Gasteiger partial charge in [0, 0.05) is 7.05 Å². The van der Waals surface area contributed by atoms with Crippen LogP contribution in [0.1, 0.15) is 21.1 Å². The summed E-state index contributed by atoms with van der Waals surface area (Å²) < 4.78 is 13.8. The number of esters is 1. The van der Waals surface area contributed by atoms with Gasteiger partial charge in [-0.05, 0) is 37.3 Å². The maximum Gasteiger partial charge on any atom is 0.339 e. The zero-order valence-corrected chi connectivity index (χ0v) is 16.6. The van der Waals surface area contributed by atoms with Crippen LogP contribution in [0.2, 0.25) is 0 Å². The number of hydrogen-bond donors (Lipinski definition) is 0. The molecule has 0 aliphatic carbocycles. The fourth-order valence-corrected chi connectivity index (χ4v) is 4.22. The number of aromatic nitrogens is 4. The van der Waals surface area contributed by atoms with Crippen LogP contribution in [-0.4, -0.2) is 25.7 Å². The van der Waals surface area contributed by atoms with E-state index in [9.17, 15) is 4.79 Å². The van der Waals surface area contributed by atoms with E-state index in [-0.39, 0.29) is 6.61 Å². The molecule has 0 aliphatic heterocycles. The number of carbonyl (C=O) groups excluding carboxylic acids is 1. The van der Waals surface area contributed by atoms with Crippen molar-refractivity contribution < 1.29 is 13.9 Å². The molecule has 5 rings (SSSR count). The van der Waals surface area contributed by atoms with E-state index in [1.165, 1.54) is 11.3 Å². The minimum atomic E-state index is -0.444. The van der Waals surface area contributed by atoms with E-state index in [0.717, 1.165) is 15.2 Å². The molecule has 0 unspecified atom stereocenters. The van der Waals surface area contributed by atoms with Crippen molar-refractivity contribution in [2.24, 2.45) is 7.05 Å². The van der Waals surface area contributed by atoms with Gasteiger partial charge in [-0.2, -0.15) is 5.10 Å². The highest BCUT2D eigenvalue weighted by Crippen LogP contribution is 2.28. The van der Waals surface area contributed by atoms with Gasteiger partial charge in [0.25, 0.3) is 0 Å². The Kier molecular flexibility index (Phi) is 4.13. The molecule has 0 aliphatic rings. The Morgan fingerprint density at radius 2 is 2.07 bits per heavy atom. The van der Waals surface area contributed by atoms with Gasteiger partial charge in [0.05, 0.1) is 33.1 Å². The number of fused-ring (bicyclic) bond motifs is 2. The summed E-state index contributed by atoms with van der Waals surface area (Å²) in [5.74, 6) is 0.131. The summed E-state index contributed by atoms with van der Waals surface area (Å²) in [7, 11) is 1.80. The van der Waals surface area contributed by atoms with Crippen LogP contribution < -0.4 is 0 Å². The van der Waals surface area contributed by atoms with Crippen molar-refractivity contribution in [1.82, 2.24) is 19.7 Å². The normalized spacial score (nSPS) is 11.4. The maximum atomic E-state index is 13.0. The van der Waals surface area contributed by atoms with Crippen molar-refractivity contribution in [2.45, 2.75) is 13.5 Å². The van der Waals surface area contributed by atoms with Crippen LogP contribution in [0.4, 0.5) is 0 Å². The second kappa shape index (κ2) is 6.82. The van der Waals surface area contributed by atoms with Crippen molar-refractivity contribution in [3.05, 3.63) is 65.0 Å². The molecule has 144 valence electrons. The number of hydrogen-bond acceptors (Lipinski definition) is 7. The number of rotatable bonds is 4. The lowest BCUT2D eigenvalue weighted by molar-refractivity contribution is 0.0475. The first kappa shape index (κ1) is 17.6. The molecule has 4 heterocycles. The van der Waals surface area contributed by atoms with Crippen molar-refractivity contribution in [3.63, 3.8) is 0 Å². The summed E-state index contributed by atoms with van der Waals surface area (Å²) in [5.41, 5.74) is 3.18. The summed E-state index contributed by atoms with van der Waals surface area (Å²) in [4.78, 5) is 22.1. The molecule has 7 nitrogen and oxygen atoms in total. The Balaban J connectivity index is 1.51. The Hall–Kier alpha value is -3.52. The summed E-state index contributed by atoms with van der Waals surface area (Å²) >= 11 is 1.51. The van der Waals surface area contributed by atoms with Crippen molar-refractivity contribution in [2.75, 3.05) is 0 Å². The molecule has 8 heteroatoms.